The highest BCUT2D eigenvalue weighted by atomic mass is 32.2. The molecule has 172 valence electrons. The van der Waals surface area contributed by atoms with Gasteiger partial charge in [0, 0.05) is 42.6 Å². The van der Waals surface area contributed by atoms with Crippen molar-refractivity contribution in [1.82, 2.24) is 10.3 Å². The van der Waals surface area contributed by atoms with Crippen molar-refractivity contribution in [3.63, 3.8) is 0 Å². The molecule has 1 fully saturated rings. The van der Waals surface area contributed by atoms with Crippen molar-refractivity contribution < 1.29 is 13.2 Å². The minimum atomic E-state index is -3.82. The Hall–Kier alpha value is -3.39. The Balaban J connectivity index is 1.46. The number of anilines is 2. The highest BCUT2D eigenvalue weighted by Crippen LogP contribution is 2.22. The highest BCUT2D eigenvalue weighted by Gasteiger charge is 2.18. The van der Waals surface area contributed by atoms with Gasteiger partial charge >= 0.3 is 0 Å². The number of nitrogens with zero attached hydrogens (tertiary/aromatic N) is 2. The van der Waals surface area contributed by atoms with Crippen LogP contribution >= 0.6 is 0 Å². The Kier molecular flexibility index (Phi) is 6.93. The second-order valence-corrected chi connectivity index (χ2v) is 9.90. The van der Waals surface area contributed by atoms with Gasteiger partial charge in [0.25, 0.3) is 15.9 Å². The van der Waals surface area contributed by atoms with Gasteiger partial charge in [-0.1, -0.05) is 24.3 Å². The topological polar surface area (TPSA) is 91.4 Å². The molecule has 1 aromatic heterocycles. The van der Waals surface area contributed by atoms with E-state index >= 15 is 0 Å². The smallest absolute Gasteiger partial charge is 0.261 e. The molecular formula is C25H28N4O3S. The maximum absolute atomic E-state index is 12.8. The van der Waals surface area contributed by atoms with Crippen molar-refractivity contribution in [1.29, 1.82) is 0 Å². The molecule has 7 nitrogen and oxygen atoms in total. The van der Waals surface area contributed by atoms with Gasteiger partial charge in [0.15, 0.2) is 0 Å². The summed E-state index contributed by atoms with van der Waals surface area (Å²) < 4.78 is 28.2. The number of pyridine rings is 1. The maximum Gasteiger partial charge on any atom is 0.261 e. The fourth-order valence-electron chi connectivity index (χ4n) is 3.96. The van der Waals surface area contributed by atoms with E-state index in [1.54, 1.807) is 36.5 Å². The normalized spacial score (nSPS) is 14.0. The van der Waals surface area contributed by atoms with E-state index in [9.17, 15) is 13.2 Å². The third-order valence-corrected chi connectivity index (χ3v) is 7.02. The number of rotatable bonds is 7. The molecule has 0 atom stereocenters. The number of aromatic nitrogens is 1. The molecule has 0 unspecified atom stereocenters. The summed E-state index contributed by atoms with van der Waals surface area (Å²) in [6.45, 7) is 4.14. The SMILES string of the molecule is Cc1cccc(NS(=O)(=O)c2cccc(C(=O)NCc3cccnc3N3CCCCC3)c2)c1. The number of sulfonamides is 1. The molecule has 3 aromatic rings. The molecule has 33 heavy (non-hydrogen) atoms. The van der Waals surface area contributed by atoms with Crippen LogP contribution in [0.1, 0.15) is 40.7 Å². The van der Waals surface area contributed by atoms with E-state index in [1.807, 2.05) is 25.1 Å². The van der Waals surface area contributed by atoms with Crippen molar-refractivity contribution in [2.75, 3.05) is 22.7 Å². The van der Waals surface area contributed by atoms with Crippen molar-refractivity contribution in [3.05, 3.63) is 83.6 Å². The van der Waals surface area contributed by atoms with Crippen molar-refractivity contribution >= 4 is 27.4 Å². The van der Waals surface area contributed by atoms with Crippen molar-refractivity contribution in [3.8, 4) is 0 Å². The summed E-state index contributed by atoms with van der Waals surface area (Å²) in [6, 6.07) is 17.0. The van der Waals surface area contributed by atoms with Gasteiger partial charge in [-0.3, -0.25) is 9.52 Å². The molecule has 2 N–H and O–H groups in total. The Morgan fingerprint density at radius 3 is 2.58 bits per heavy atom. The average molecular weight is 465 g/mol. The Morgan fingerprint density at radius 1 is 1.00 bits per heavy atom. The van der Waals surface area contributed by atoms with Gasteiger partial charge < -0.3 is 10.2 Å². The molecule has 2 aromatic carbocycles. The van der Waals surface area contributed by atoms with Gasteiger partial charge in [-0.05, 0) is 68.1 Å². The molecule has 4 rings (SSSR count). The molecule has 2 heterocycles. The number of carbonyl (C=O) groups excluding carboxylic acids is 1. The first-order valence-electron chi connectivity index (χ1n) is 11.1. The van der Waals surface area contributed by atoms with Crippen LogP contribution in [0.4, 0.5) is 11.5 Å². The fraction of sp³-hybridized carbons (Fsp3) is 0.280. The lowest BCUT2D eigenvalue weighted by atomic mass is 10.1. The van der Waals surface area contributed by atoms with Crippen LogP contribution in [0.3, 0.4) is 0 Å². The predicted molar refractivity (Wildman–Crippen MR) is 130 cm³/mol. The summed E-state index contributed by atoms with van der Waals surface area (Å²) in [5.74, 6) is 0.562. The molecule has 0 radical (unpaired) electrons. The van der Waals surface area contributed by atoms with Crippen molar-refractivity contribution in [2.45, 2.75) is 37.6 Å². The lowest BCUT2D eigenvalue weighted by molar-refractivity contribution is 0.0950. The van der Waals surface area contributed by atoms with Crippen LogP contribution in [-0.4, -0.2) is 32.4 Å². The molecule has 1 aliphatic heterocycles. The first kappa shape index (κ1) is 22.8. The Bertz CT molecular complexity index is 1240. The van der Waals surface area contributed by atoms with E-state index in [2.05, 4.69) is 19.9 Å². The van der Waals surface area contributed by atoms with Crippen LogP contribution in [0.2, 0.25) is 0 Å². The number of hydrogen-bond acceptors (Lipinski definition) is 5. The number of amides is 1. The average Bonchev–Trinajstić information content (AvgIpc) is 2.83. The summed E-state index contributed by atoms with van der Waals surface area (Å²) in [4.78, 5) is 19.7. The van der Waals surface area contributed by atoms with Gasteiger partial charge in [-0.15, -0.1) is 0 Å². The number of hydrogen-bond donors (Lipinski definition) is 2. The summed E-state index contributed by atoms with van der Waals surface area (Å²) in [5.41, 5.74) is 2.65. The van der Waals surface area contributed by atoms with Crippen LogP contribution in [0.15, 0.2) is 71.8 Å². The Morgan fingerprint density at radius 2 is 1.79 bits per heavy atom. The molecule has 8 heteroatoms. The summed E-state index contributed by atoms with van der Waals surface area (Å²) >= 11 is 0. The van der Waals surface area contributed by atoms with E-state index in [4.69, 9.17) is 0 Å². The number of carbonyl (C=O) groups is 1. The zero-order valence-electron chi connectivity index (χ0n) is 18.6. The monoisotopic (exact) mass is 464 g/mol. The molecule has 1 aliphatic rings. The second-order valence-electron chi connectivity index (χ2n) is 8.22. The van der Waals surface area contributed by atoms with Crippen molar-refractivity contribution in [2.24, 2.45) is 0 Å². The molecule has 0 bridgehead atoms. The standard InChI is InChI=1S/C25H28N4O3S/c1-19-8-5-11-22(16-19)28-33(31,32)23-12-6-9-20(17-23)25(30)27-18-21-10-7-13-26-24(21)29-14-3-2-4-15-29/h5-13,16-17,28H,2-4,14-15,18H2,1H3,(H,27,30). The van der Waals surface area contributed by atoms with Gasteiger partial charge in [0.1, 0.15) is 5.82 Å². The van der Waals surface area contributed by atoms with E-state index in [1.165, 1.54) is 18.6 Å². The highest BCUT2D eigenvalue weighted by molar-refractivity contribution is 7.92. The fourth-order valence-corrected chi connectivity index (χ4v) is 5.06. The van der Waals surface area contributed by atoms with Gasteiger partial charge in [0.05, 0.1) is 4.90 Å². The summed E-state index contributed by atoms with van der Waals surface area (Å²) in [7, 11) is -3.82. The zero-order valence-corrected chi connectivity index (χ0v) is 19.4. The van der Waals surface area contributed by atoms with E-state index in [-0.39, 0.29) is 16.4 Å². The van der Waals surface area contributed by atoms with E-state index in [0.29, 0.717) is 12.2 Å². The first-order chi connectivity index (χ1) is 15.9. The van der Waals surface area contributed by atoms with Gasteiger partial charge in [-0.25, -0.2) is 13.4 Å². The molecule has 0 saturated carbocycles. The van der Waals surface area contributed by atoms with Crippen LogP contribution in [-0.2, 0) is 16.6 Å². The number of aryl methyl sites for hydroxylation is 1. The second kappa shape index (κ2) is 10.0. The molecule has 0 aliphatic carbocycles. The van der Waals surface area contributed by atoms with Gasteiger partial charge in [-0.2, -0.15) is 0 Å². The number of piperidine rings is 1. The zero-order chi connectivity index (χ0) is 23.3. The summed E-state index contributed by atoms with van der Waals surface area (Å²) in [6.07, 6.45) is 5.28. The quantitative estimate of drug-likeness (QED) is 0.549. The predicted octanol–water partition coefficient (Wildman–Crippen LogP) is 4.11. The first-order valence-corrected chi connectivity index (χ1v) is 12.6. The minimum Gasteiger partial charge on any atom is -0.356 e. The molecule has 0 spiro atoms. The molecular weight excluding hydrogens is 436 g/mol. The van der Waals surface area contributed by atoms with Crippen LogP contribution < -0.4 is 14.9 Å². The largest absolute Gasteiger partial charge is 0.356 e. The maximum atomic E-state index is 12.8. The van der Waals surface area contributed by atoms with Gasteiger partial charge in [0.2, 0.25) is 0 Å². The molecule has 1 saturated heterocycles. The van der Waals surface area contributed by atoms with E-state index < -0.39 is 10.0 Å². The summed E-state index contributed by atoms with van der Waals surface area (Å²) in [5, 5.41) is 2.91. The number of nitrogens with one attached hydrogen (secondary N) is 2. The lowest BCUT2D eigenvalue weighted by Crippen LogP contribution is -2.32. The lowest BCUT2D eigenvalue weighted by Gasteiger charge is -2.29. The molecule has 1 amide bonds. The van der Waals surface area contributed by atoms with Crippen LogP contribution in [0.5, 0.6) is 0 Å². The Labute approximate surface area is 194 Å². The van der Waals surface area contributed by atoms with Crippen LogP contribution in [0.25, 0.3) is 0 Å². The van der Waals surface area contributed by atoms with E-state index in [0.717, 1.165) is 42.9 Å². The van der Waals surface area contributed by atoms with Crippen LogP contribution in [0, 0.1) is 6.92 Å². The third kappa shape index (κ3) is 5.70. The number of benzene rings is 2. The minimum absolute atomic E-state index is 0.0343. The third-order valence-electron chi connectivity index (χ3n) is 5.64.